The Bertz CT molecular complexity index is 944. The molecule has 28 heavy (non-hydrogen) atoms. The van der Waals surface area contributed by atoms with Crippen LogP contribution >= 0.6 is 0 Å². The van der Waals surface area contributed by atoms with E-state index in [-0.39, 0.29) is 30.8 Å². The van der Waals surface area contributed by atoms with Crippen LogP contribution in [0.3, 0.4) is 0 Å². The summed E-state index contributed by atoms with van der Waals surface area (Å²) in [4.78, 5) is 22.9. The van der Waals surface area contributed by atoms with Crippen molar-refractivity contribution in [3.8, 4) is 11.5 Å². The van der Waals surface area contributed by atoms with Crippen LogP contribution in [0.15, 0.2) is 33.5 Å². The summed E-state index contributed by atoms with van der Waals surface area (Å²) in [5.74, 6) is -1.21. The Morgan fingerprint density at radius 2 is 2.00 bits per heavy atom. The molecule has 9 heteroatoms. The van der Waals surface area contributed by atoms with Crippen LogP contribution in [0.25, 0.3) is 11.0 Å². The molecule has 4 unspecified atom stereocenters. The van der Waals surface area contributed by atoms with E-state index in [0.29, 0.717) is 5.39 Å². The lowest BCUT2D eigenvalue weighted by Crippen LogP contribution is -2.45. The summed E-state index contributed by atoms with van der Waals surface area (Å²) in [5.41, 5.74) is -4.00. The van der Waals surface area contributed by atoms with Crippen molar-refractivity contribution in [2.75, 3.05) is 6.61 Å². The minimum atomic E-state index is -1.69. The number of aliphatic hydroxyl groups excluding tert-OH is 1. The number of carbonyl (C=O) groups excluding carboxylic acids is 1. The Hall–Kier alpha value is -2.62. The van der Waals surface area contributed by atoms with Crippen molar-refractivity contribution in [1.29, 1.82) is 0 Å². The second-order valence-corrected chi connectivity index (χ2v) is 7.48. The van der Waals surface area contributed by atoms with Crippen LogP contribution in [0.5, 0.6) is 11.5 Å². The molecule has 1 aliphatic rings. The number of aromatic hydroxyl groups is 1. The molecular formula is C19H22O9. The van der Waals surface area contributed by atoms with E-state index in [1.807, 2.05) is 0 Å². The standard InChI is InChI=1S/C19H22O9/c1-18(24,7-11-8-19(2,25)17(23)27-11)13(20)9-26-12-5-3-10-4-6-14(21)28-16(10)15(12)22/h3-6,11,13,20,22,24-25H,7-9H2,1-2H3. The number of rotatable bonds is 6. The van der Waals surface area contributed by atoms with E-state index >= 15 is 0 Å². The highest BCUT2D eigenvalue weighted by Crippen LogP contribution is 2.35. The monoisotopic (exact) mass is 394 g/mol. The van der Waals surface area contributed by atoms with Crippen molar-refractivity contribution in [2.24, 2.45) is 0 Å². The molecule has 1 saturated heterocycles. The smallest absolute Gasteiger partial charge is 0.338 e. The fourth-order valence-electron chi connectivity index (χ4n) is 3.12. The van der Waals surface area contributed by atoms with Crippen LogP contribution in [-0.4, -0.2) is 56.4 Å². The lowest BCUT2D eigenvalue weighted by Gasteiger charge is -2.30. The molecule has 4 atom stereocenters. The molecule has 0 radical (unpaired) electrons. The van der Waals surface area contributed by atoms with E-state index in [2.05, 4.69) is 0 Å². The molecule has 1 fully saturated rings. The van der Waals surface area contributed by atoms with E-state index in [0.717, 1.165) is 0 Å². The highest BCUT2D eigenvalue weighted by Gasteiger charge is 2.47. The summed E-state index contributed by atoms with van der Waals surface area (Å²) in [6.45, 7) is 2.28. The Balaban J connectivity index is 1.67. The number of hydrogen-bond acceptors (Lipinski definition) is 9. The third-order valence-corrected chi connectivity index (χ3v) is 4.82. The van der Waals surface area contributed by atoms with Gasteiger partial charge in [-0.05, 0) is 32.0 Å². The van der Waals surface area contributed by atoms with Gasteiger partial charge in [-0.1, -0.05) is 0 Å². The third-order valence-electron chi connectivity index (χ3n) is 4.82. The molecule has 1 aromatic heterocycles. The number of fused-ring (bicyclic) bond motifs is 1. The van der Waals surface area contributed by atoms with Gasteiger partial charge in [0.05, 0.1) is 5.60 Å². The number of ether oxygens (including phenoxy) is 2. The van der Waals surface area contributed by atoms with Crippen LogP contribution < -0.4 is 10.4 Å². The number of phenols is 1. The minimum absolute atomic E-state index is 0.0000555. The van der Waals surface area contributed by atoms with Gasteiger partial charge in [0.2, 0.25) is 5.75 Å². The van der Waals surface area contributed by atoms with Gasteiger partial charge in [-0.2, -0.15) is 0 Å². The maximum Gasteiger partial charge on any atom is 0.338 e. The average molecular weight is 394 g/mol. The van der Waals surface area contributed by atoms with Crippen molar-refractivity contribution >= 4 is 16.9 Å². The van der Waals surface area contributed by atoms with Crippen LogP contribution in [0, 0.1) is 0 Å². The van der Waals surface area contributed by atoms with Crippen molar-refractivity contribution in [1.82, 2.24) is 0 Å². The van der Waals surface area contributed by atoms with Gasteiger partial charge in [-0.15, -0.1) is 0 Å². The quantitative estimate of drug-likeness (QED) is 0.405. The number of aliphatic hydroxyl groups is 3. The van der Waals surface area contributed by atoms with Crippen LogP contribution in [0.4, 0.5) is 0 Å². The lowest BCUT2D eigenvalue weighted by molar-refractivity contribution is -0.156. The largest absolute Gasteiger partial charge is 0.502 e. The first-order valence-electron chi connectivity index (χ1n) is 8.72. The van der Waals surface area contributed by atoms with Gasteiger partial charge in [0.1, 0.15) is 18.8 Å². The summed E-state index contributed by atoms with van der Waals surface area (Å²) >= 11 is 0. The summed E-state index contributed by atoms with van der Waals surface area (Å²) in [5, 5.41) is 41.4. The summed E-state index contributed by atoms with van der Waals surface area (Å²) in [6, 6.07) is 5.71. The molecular weight excluding hydrogens is 372 g/mol. The average Bonchev–Trinajstić information content (AvgIpc) is 2.85. The summed E-state index contributed by atoms with van der Waals surface area (Å²) < 4.78 is 15.4. The zero-order valence-electron chi connectivity index (χ0n) is 15.4. The first-order valence-corrected chi connectivity index (χ1v) is 8.72. The predicted molar refractivity (Wildman–Crippen MR) is 96.0 cm³/mol. The van der Waals surface area contributed by atoms with Crippen LogP contribution in [0.1, 0.15) is 26.7 Å². The molecule has 2 heterocycles. The molecule has 3 rings (SSSR count). The fraction of sp³-hybridized carbons (Fsp3) is 0.474. The molecule has 0 saturated carbocycles. The van der Waals surface area contributed by atoms with E-state index < -0.39 is 40.8 Å². The maximum absolute atomic E-state index is 11.5. The molecule has 9 nitrogen and oxygen atoms in total. The second-order valence-electron chi connectivity index (χ2n) is 7.48. The number of phenolic OH excluding ortho intramolecular Hbond substituents is 1. The molecule has 4 N–H and O–H groups in total. The fourth-order valence-corrected chi connectivity index (χ4v) is 3.12. The molecule has 0 bridgehead atoms. The van der Waals surface area contributed by atoms with Gasteiger partial charge >= 0.3 is 11.6 Å². The topological polar surface area (TPSA) is 147 Å². The molecule has 1 aromatic carbocycles. The van der Waals surface area contributed by atoms with Crippen molar-refractivity contribution in [3.63, 3.8) is 0 Å². The zero-order valence-corrected chi connectivity index (χ0v) is 15.4. The zero-order chi connectivity index (χ0) is 20.7. The number of carbonyl (C=O) groups is 1. The number of hydrogen-bond donors (Lipinski definition) is 4. The Morgan fingerprint density at radius 3 is 2.64 bits per heavy atom. The molecule has 0 spiro atoms. The van der Waals surface area contributed by atoms with E-state index in [1.54, 1.807) is 6.07 Å². The molecule has 2 aromatic rings. The number of benzene rings is 1. The van der Waals surface area contributed by atoms with Gasteiger partial charge in [0, 0.05) is 24.3 Å². The maximum atomic E-state index is 11.5. The van der Waals surface area contributed by atoms with Crippen molar-refractivity contribution < 1.29 is 39.1 Å². The van der Waals surface area contributed by atoms with E-state index in [1.165, 1.54) is 32.0 Å². The van der Waals surface area contributed by atoms with Crippen molar-refractivity contribution in [2.45, 2.75) is 50.1 Å². The summed E-state index contributed by atoms with van der Waals surface area (Å²) in [7, 11) is 0. The van der Waals surface area contributed by atoms with E-state index in [4.69, 9.17) is 13.9 Å². The van der Waals surface area contributed by atoms with Crippen LogP contribution in [-0.2, 0) is 9.53 Å². The van der Waals surface area contributed by atoms with Gasteiger partial charge in [-0.25, -0.2) is 9.59 Å². The highest BCUT2D eigenvalue weighted by molar-refractivity contribution is 5.84. The molecule has 1 aliphatic heterocycles. The third kappa shape index (κ3) is 3.96. The number of cyclic esters (lactones) is 1. The van der Waals surface area contributed by atoms with Gasteiger partial charge < -0.3 is 34.3 Å². The lowest BCUT2D eigenvalue weighted by atomic mass is 9.89. The first-order chi connectivity index (χ1) is 13.0. The highest BCUT2D eigenvalue weighted by atomic mass is 16.6. The SMILES string of the molecule is CC1(O)CC(CC(C)(O)C(O)COc2ccc3ccc(=O)oc3c2O)OC1=O. The van der Waals surface area contributed by atoms with Gasteiger partial charge in [0.25, 0.3) is 0 Å². The van der Waals surface area contributed by atoms with Gasteiger partial charge in [0.15, 0.2) is 16.9 Å². The van der Waals surface area contributed by atoms with Crippen molar-refractivity contribution in [3.05, 3.63) is 34.7 Å². The Kier molecular flexibility index (Phi) is 5.09. The molecule has 0 aliphatic carbocycles. The molecule has 152 valence electrons. The molecule has 0 amide bonds. The predicted octanol–water partition coefficient (Wildman–Crippen LogP) is 0.446. The van der Waals surface area contributed by atoms with E-state index in [9.17, 15) is 30.0 Å². The normalized spacial score (nSPS) is 25.3. The Labute approximate surface area is 159 Å². The number of esters is 1. The van der Waals surface area contributed by atoms with Crippen LogP contribution in [0.2, 0.25) is 0 Å². The second kappa shape index (κ2) is 7.08. The minimum Gasteiger partial charge on any atom is -0.502 e. The van der Waals surface area contributed by atoms with Gasteiger partial charge in [-0.3, -0.25) is 0 Å². The first kappa shape index (κ1) is 20.1. The Morgan fingerprint density at radius 1 is 1.32 bits per heavy atom. The summed E-state index contributed by atoms with van der Waals surface area (Å²) in [6.07, 6.45) is -2.26.